The standard InChI is InChI=1S/C15H20BrFN2O/c1-19(9-11-7-12(16)5-6-14(11)17)15(20)10-3-2-4-13(18)8-10/h5-7,10,13H,2-4,8-9,18H2,1H3/t10-,13+/m1/s1. The minimum atomic E-state index is -0.284. The fourth-order valence-electron chi connectivity index (χ4n) is 2.76. The van der Waals surface area contributed by atoms with Gasteiger partial charge in [0.05, 0.1) is 0 Å². The van der Waals surface area contributed by atoms with Gasteiger partial charge in [-0.15, -0.1) is 0 Å². The van der Waals surface area contributed by atoms with Gasteiger partial charge in [-0.2, -0.15) is 0 Å². The quantitative estimate of drug-likeness (QED) is 0.917. The van der Waals surface area contributed by atoms with Crippen molar-refractivity contribution in [3.05, 3.63) is 34.1 Å². The Hall–Kier alpha value is -0.940. The lowest BCUT2D eigenvalue weighted by molar-refractivity contribution is -0.135. The van der Waals surface area contributed by atoms with E-state index in [4.69, 9.17) is 5.73 Å². The van der Waals surface area contributed by atoms with Crippen LogP contribution in [0.1, 0.15) is 31.2 Å². The first kappa shape index (κ1) is 15.4. The zero-order valence-corrected chi connectivity index (χ0v) is 13.2. The second-order valence-electron chi connectivity index (χ2n) is 5.55. The van der Waals surface area contributed by atoms with Crippen LogP contribution in [0.4, 0.5) is 4.39 Å². The number of nitrogens with zero attached hydrogens (tertiary/aromatic N) is 1. The van der Waals surface area contributed by atoms with Gasteiger partial charge in [-0.3, -0.25) is 4.79 Å². The second-order valence-corrected chi connectivity index (χ2v) is 6.47. The van der Waals surface area contributed by atoms with Gasteiger partial charge in [0, 0.05) is 35.6 Å². The smallest absolute Gasteiger partial charge is 0.225 e. The Labute approximate surface area is 127 Å². The molecule has 20 heavy (non-hydrogen) atoms. The van der Waals surface area contributed by atoms with E-state index in [-0.39, 0.29) is 30.2 Å². The molecule has 0 spiro atoms. The molecule has 0 saturated heterocycles. The summed E-state index contributed by atoms with van der Waals surface area (Å²) < 4.78 is 14.5. The molecule has 1 amide bonds. The summed E-state index contributed by atoms with van der Waals surface area (Å²) in [6.07, 6.45) is 3.62. The molecule has 2 atom stereocenters. The van der Waals surface area contributed by atoms with Gasteiger partial charge < -0.3 is 10.6 Å². The SMILES string of the molecule is CN(Cc1cc(Br)ccc1F)C(=O)[C@@H]1CCC[C@H](N)C1. The number of hydrogen-bond donors (Lipinski definition) is 1. The van der Waals surface area contributed by atoms with Crippen LogP contribution < -0.4 is 5.73 Å². The molecule has 0 aliphatic heterocycles. The Morgan fingerprint density at radius 2 is 2.25 bits per heavy atom. The number of halogens is 2. The van der Waals surface area contributed by atoms with E-state index in [9.17, 15) is 9.18 Å². The Bertz CT molecular complexity index is 495. The van der Waals surface area contributed by atoms with E-state index in [1.807, 2.05) is 0 Å². The fraction of sp³-hybridized carbons (Fsp3) is 0.533. The van der Waals surface area contributed by atoms with Crippen molar-refractivity contribution in [1.29, 1.82) is 0 Å². The lowest BCUT2D eigenvalue weighted by atomic mass is 9.85. The van der Waals surface area contributed by atoms with Crippen molar-refractivity contribution in [3.63, 3.8) is 0 Å². The second kappa shape index (κ2) is 6.68. The first-order chi connectivity index (χ1) is 9.47. The van der Waals surface area contributed by atoms with E-state index in [1.54, 1.807) is 24.1 Å². The van der Waals surface area contributed by atoms with Gasteiger partial charge in [0.25, 0.3) is 0 Å². The summed E-state index contributed by atoms with van der Waals surface area (Å²) in [5.41, 5.74) is 6.45. The van der Waals surface area contributed by atoms with Gasteiger partial charge in [0.2, 0.25) is 5.91 Å². The summed E-state index contributed by atoms with van der Waals surface area (Å²) in [6.45, 7) is 0.288. The van der Waals surface area contributed by atoms with Crippen LogP contribution in [0, 0.1) is 11.7 Å². The van der Waals surface area contributed by atoms with Crippen molar-refractivity contribution in [2.75, 3.05) is 7.05 Å². The topological polar surface area (TPSA) is 46.3 Å². The van der Waals surface area contributed by atoms with Crippen LogP contribution in [0.25, 0.3) is 0 Å². The lowest BCUT2D eigenvalue weighted by Gasteiger charge is -2.29. The Balaban J connectivity index is 2.01. The number of nitrogens with two attached hydrogens (primary N) is 1. The summed E-state index contributed by atoms with van der Waals surface area (Å²) in [5.74, 6) is -0.230. The average molecular weight is 343 g/mol. The van der Waals surface area contributed by atoms with Crippen molar-refractivity contribution in [2.45, 2.75) is 38.3 Å². The van der Waals surface area contributed by atoms with Gasteiger partial charge in [0.15, 0.2) is 0 Å². The maximum Gasteiger partial charge on any atom is 0.225 e. The van der Waals surface area contributed by atoms with Crippen LogP contribution in [0.2, 0.25) is 0 Å². The van der Waals surface area contributed by atoms with Crippen LogP contribution in [0.5, 0.6) is 0 Å². The van der Waals surface area contributed by atoms with Crippen molar-refractivity contribution in [1.82, 2.24) is 4.90 Å². The highest BCUT2D eigenvalue weighted by atomic mass is 79.9. The highest BCUT2D eigenvalue weighted by Crippen LogP contribution is 2.25. The molecule has 5 heteroatoms. The summed E-state index contributed by atoms with van der Waals surface area (Å²) in [5, 5.41) is 0. The van der Waals surface area contributed by atoms with Gasteiger partial charge in [-0.05, 0) is 37.5 Å². The molecule has 1 saturated carbocycles. The molecule has 0 heterocycles. The van der Waals surface area contributed by atoms with Crippen molar-refractivity contribution in [2.24, 2.45) is 11.7 Å². The molecule has 2 N–H and O–H groups in total. The van der Waals surface area contributed by atoms with Crippen molar-refractivity contribution >= 4 is 21.8 Å². The minimum Gasteiger partial charge on any atom is -0.341 e. The molecule has 2 rings (SSSR count). The first-order valence-corrected chi connectivity index (χ1v) is 7.71. The molecular weight excluding hydrogens is 323 g/mol. The molecule has 1 aliphatic rings. The Morgan fingerprint density at radius 3 is 2.95 bits per heavy atom. The lowest BCUT2D eigenvalue weighted by Crippen LogP contribution is -2.38. The van der Waals surface area contributed by atoms with Gasteiger partial charge in [-0.1, -0.05) is 22.4 Å². The van der Waals surface area contributed by atoms with Gasteiger partial charge >= 0.3 is 0 Å². The summed E-state index contributed by atoms with van der Waals surface area (Å²) in [6, 6.07) is 4.90. The largest absolute Gasteiger partial charge is 0.341 e. The molecule has 1 aromatic carbocycles. The van der Waals surface area contributed by atoms with E-state index in [0.29, 0.717) is 5.56 Å². The highest BCUT2D eigenvalue weighted by molar-refractivity contribution is 9.10. The predicted octanol–water partition coefficient (Wildman–Crippen LogP) is 3.06. The van der Waals surface area contributed by atoms with E-state index < -0.39 is 0 Å². The van der Waals surface area contributed by atoms with E-state index in [2.05, 4.69) is 15.9 Å². The maximum absolute atomic E-state index is 13.7. The van der Waals surface area contributed by atoms with Gasteiger partial charge in [0.1, 0.15) is 5.82 Å². The molecule has 1 aliphatic carbocycles. The van der Waals surface area contributed by atoms with Gasteiger partial charge in [-0.25, -0.2) is 4.39 Å². The van der Waals surface area contributed by atoms with Crippen LogP contribution in [0.15, 0.2) is 22.7 Å². The molecule has 1 fully saturated rings. The van der Waals surface area contributed by atoms with E-state index in [0.717, 1.165) is 30.2 Å². The normalized spacial score (nSPS) is 22.6. The highest BCUT2D eigenvalue weighted by Gasteiger charge is 2.27. The summed E-state index contributed by atoms with van der Waals surface area (Å²) in [7, 11) is 1.73. The number of carbonyl (C=O) groups is 1. The maximum atomic E-state index is 13.7. The number of carbonyl (C=O) groups excluding carboxylic acids is 1. The summed E-state index contributed by atoms with van der Waals surface area (Å²) >= 11 is 3.32. The molecule has 0 bridgehead atoms. The fourth-order valence-corrected chi connectivity index (χ4v) is 3.17. The molecule has 0 unspecified atom stereocenters. The number of amides is 1. The Morgan fingerprint density at radius 1 is 1.50 bits per heavy atom. The van der Waals surface area contributed by atoms with Crippen LogP contribution in [0.3, 0.4) is 0 Å². The van der Waals surface area contributed by atoms with E-state index in [1.165, 1.54) is 6.07 Å². The molecule has 0 radical (unpaired) electrons. The third-order valence-corrected chi connectivity index (χ3v) is 4.35. The van der Waals surface area contributed by atoms with E-state index >= 15 is 0 Å². The molecule has 1 aromatic rings. The molecular formula is C15H20BrFN2O. The Kier molecular flexibility index (Phi) is 5.16. The third-order valence-electron chi connectivity index (χ3n) is 3.86. The number of benzene rings is 1. The first-order valence-electron chi connectivity index (χ1n) is 6.92. The molecule has 110 valence electrons. The third kappa shape index (κ3) is 3.79. The van der Waals surface area contributed by atoms with Crippen LogP contribution in [-0.4, -0.2) is 23.9 Å². The summed E-state index contributed by atoms with van der Waals surface area (Å²) in [4.78, 5) is 14.0. The molecule has 3 nitrogen and oxygen atoms in total. The zero-order chi connectivity index (χ0) is 14.7. The number of hydrogen-bond acceptors (Lipinski definition) is 2. The van der Waals surface area contributed by atoms with Crippen molar-refractivity contribution < 1.29 is 9.18 Å². The van der Waals surface area contributed by atoms with Crippen molar-refractivity contribution in [3.8, 4) is 0 Å². The minimum absolute atomic E-state index is 0.0148. The average Bonchev–Trinajstić information content (AvgIpc) is 2.42. The van der Waals surface area contributed by atoms with Crippen LogP contribution in [-0.2, 0) is 11.3 Å². The number of rotatable bonds is 3. The van der Waals surface area contributed by atoms with Crippen LogP contribution >= 0.6 is 15.9 Å². The predicted molar refractivity (Wildman–Crippen MR) is 80.5 cm³/mol. The molecule has 0 aromatic heterocycles. The zero-order valence-electron chi connectivity index (χ0n) is 11.6. The monoisotopic (exact) mass is 342 g/mol.